The lowest BCUT2D eigenvalue weighted by molar-refractivity contribution is -0.138. The fraction of sp³-hybridized carbons (Fsp3) is 0.857. The van der Waals surface area contributed by atoms with Gasteiger partial charge in [0.1, 0.15) is 5.41 Å². The normalized spacial score (nSPS) is 20.7. The molecule has 1 unspecified atom stereocenters. The van der Waals surface area contributed by atoms with Gasteiger partial charge < -0.3 is 4.90 Å². The first-order valence-corrected chi connectivity index (χ1v) is 6.71. The Labute approximate surface area is 105 Å². The zero-order valence-electron chi connectivity index (χ0n) is 11.5. The molecule has 0 N–H and O–H groups in total. The van der Waals surface area contributed by atoms with Crippen molar-refractivity contribution in [3.8, 4) is 6.07 Å². The molecule has 0 spiro atoms. The Morgan fingerprint density at radius 1 is 1.47 bits per heavy atom. The number of hydrogen-bond donors (Lipinski definition) is 0. The highest BCUT2D eigenvalue weighted by Crippen LogP contribution is 2.32. The van der Waals surface area contributed by atoms with E-state index in [0.29, 0.717) is 24.7 Å². The first-order chi connectivity index (χ1) is 8.00. The minimum absolute atomic E-state index is 0.0492. The molecule has 1 saturated heterocycles. The average Bonchev–Trinajstić information content (AvgIpc) is 2.81. The number of nitriles is 1. The van der Waals surface area contributed by atoms with Crippen LogP contribution in [0, 0.1) is 28.6 Å². The molecule has 0 saturated carbocycles. The molecule has 0 bridgehead atoms. The molecule has 1 heterocycles. The van der Waals surface area contributed by atoms with Crippen LogP contribution in [-0.2, 0) is 4.79 Å². The van der Waals surface area contributed by atoms with Crippen LogP contribution < -0.4 is 0 Å². The highest BCUT2D eigenvalue weighted by molar-refractivity contribution is 5.85. The molecule has 0 radical (unpaired) electrons. The van der Waals surface area contributed by atoms with Crippen molar-refractivity contribution in [1.82, 2.24) is 4.90 Å². The number of likely N-dealkylation sites (tertiary alicyclic amines) is 1. The van der Waals surface area contributed by atoms with Gasteiger partial charge in [-0.25, -0.2) is 0 Å². The van der Waals surface area contributed by atoms with Gasteiger partial charge in [-0.2, -0.15) is 5.26 Å². The van der Waals surface area contributed by atoms with Crippen molar-refractivity contribution in [2.24, 2.45) is 17.3 Å². The van der Waals surface area contributed by atoms with Gasteiger partial charge in [-0.15, -0.1) is 0 Å². The van der Waals surface area contributed by atoms with E-state index in [9.17, 15) is 10.1 Å². The second kappa shape index (κ2) is 5.53. The summed E-state index contributed by atoms with van der Waals surface area (Å²) in [4.78, 5) is 14.3. The van der Waals surface area contributed by atoms with Crippen LogP contribution in [0.2, 0.25) is 0 Å². The fourth-order valence-electron chi connectivity index (χ4n) is 2.58. The molecule has 0 aliphatic carbocycles. The molecule has 0 aromatic carbocycles. The van der Waals surface area contributed by atoms with Crippen LogP contribution in [0.5, 0.6) is 0 Å². The van der Waals surface area contributed by atoms with Crippen molar-refractivity contribution in [3.05, 3.63) is 0 Å². The van der Waals surface area contributed by atoms with E-state index in [0.717, 1.165) is 19.5 Å². The summed E-state index contributed by atoms with van der Waals surface area (Å²) in [5.41, 5.74) is -0.786. The van der Waals surface area contributed by atoms with E-state index in [2.05, 4.69) is 19.9 Å². The number of nitrogens with zero attached hydrogens (tertiary/aromatic N) is 2. The van der Waals surface area contributed by atoms with E-state index in [1.165, 1.54) is 0 Å². The number of rotatable bonds is 4. The summed E-state index contributed by atoms with van der Waals surface area (Å²) < 4.78 is 0. The number of carbonyl (C=O) groups excluding carboxylic acids is 1. The first kappa shape index (κ1) is 14.0. The van der Waals surface area contributed by atoms with Gasteiger partial charge in [-0.1, -0.05) is 27.7 Å². The smallest absolute Gasteiger partial charge is 0.243 e. The lowest BCUT2D eigenvalue weighted by atomic mass is 9.82. The first-order valence-electron chi connectivity index (χ1n) is 6.71. The molecule has 3 nitrogen and oxygen atoms in total. The van der Waals surface area contributed by atoms with Crippen LogP contribution in [0.25, 0.3) is 0 Å². The Bertz CT molecular complexity index is 313. The van der Waals surface area contributed by atoms with Crippen molar-refractivity contribution in [3.63, 3.8) is 0 Å². The van der Waals surface area contributed by atoms with E-state index in [-0.39, 0.29) is 5.91 Å². The summed E-state index contributed by atoms with van der Waals surface area (Å²) in [5, 5.41) is 9.28. The minimum Gasteiger partial charge on any atom is -0.341 e. The minimum atomic E-state index is -0.786. The number of amides is 1. The predicted molar refractivity (Wildman–Crippen MR) is 68.2 cm³/mol. The zero-order valence-corrected chi connectivity index (χ0v) is 11.5. The molecule has 1 rings (SSSR count). The third-order valence-corrected chi connectivity index (χ3v) is 4.29. The standard InChI is InChI=1S/C14H24N2O/c1-5-14(6-2,10-15)13(17)16-8-7-12(9-16)11(3)4/h11-12H,5-9H2,1-4H3. The van der Waals surface area contributed by atoms with Gasteiger partial charge in [0.2, 0.25) is 5.91 Å². The Hall–Kier alpha value is -1.04. The molecule has 1 atom stereocenters. The van der Waals surface area contributed by atoms with Crippen LogP contribution in [0.3, 0.4) is 0 Å². The largest absolute Gasteiger partial charge is 0.341 e. The van der Waals surface area contributed by atoms with Crippen molar-refractivity contribution in [2.45, 2.75) is 47.0 Å². The molecule has 1 aliphatic heterocycles. The number of carbonyl (C=O) groups is 1. The van der Waals surface area contributed by atoms with Crippen LogP contribution >= 0.6 is 0 Å². The van der Waals surface area contributed by atoms with Gasteiger partial charge in [0.15, 0.2) is 0 Å². The second-order valence-electron chi connectivity index (χ2n) is 5.44. The highest BCUT2D eigenvalue weighted by Gasteiger charge is 2.41. The molecule has 96 valence electrons. The maximum Gasteiger partial charge on any atom is 0.243 e. The quantitative estimate of drug-likeness (QED) is 0.753. The van der Waals surface area contributed by atoms with Crippen LogP contribution in [0.1, 0.15) is 47.0 Å². The third kappa shape index (κ3) is 2.62. The van der Waals surface area contributed by atoms with Gasteiger partial charge in [0.05, 0.1) is 6.07 Å². The summed E-state index contributed by atoms with van der Waals surface area (Å²) in [7, 11) is 0. The Morgan fingerprint density at radius 3 is 2.41 bits per heavy atom. The molecule has 1 fully saturated rings. The number of hydrogen-bond acceptors (Lipinski definition) is 2. The summed E-state index contributed by atoms with van der Waals surface area (Å²) in [5.74, 6) is 1.27. The Balaban J connectivity index is 2.75. The average molecular weight is 236 g/mol. The highest BCUT2D eigenvalue weighted by atomic mass is 16.2. The SMILES string of the molecule is CCC(C#N)(CC)C(=O)N1CCC(C(C)C)C1. The molecule has 17 heavy (non-hydrogen) atoms. The van der Waals surface area contributed by atoms with E-state index >= 15 is 0 Å². The second-order valence-corrected chi connectivity index (χ2v) is 5.44. The maximum atomic E-state index is 12.4. The lowest BCUT2D eigenvalue weighted by Gasteiger charge is -2.28. The third-order valence-electron chi connectivity index (χ3n) is 4.29. The Morgan fingerprint density at radius 2 is 2.06 bits per heavy atom. The molecule has 1 amide bonds. The van der Waals surface area contributed by atoms with E-state index in [1.54, 1.807) is 0 Å². The molecule has 1 aliphatic rings. The van der Waals surface area contributed by atoms with Crippen molar-refractivity contribution in [1.29, 1.82) is 5.26 Å². The van der Waals surface area contributed by atoms with Crippen molar-refractivity contribution < 1.29 is 4.79 Å². The van der Waals surface area contributed by atoms with Gasteiger partial charge in [-0.3, -0.25) is 4.79 Å². The summed E-state index contributed by atoms with van der Waals surface area (Å²) in [6.07, 6.45) is 2.31. The van der Waals surface area contributed by atoms with E-state index in [1.807, 2.05) is 18.7 Å². The van der Waals surface area contributed by atoms with E-state index in [4.69, 9.17) is 0 Å². The zero-order chi connectivity index (χ0) is 13.1. The van der Waals surface area contributed by atoms with Crippen molar-refractivity contribution >= 4 is 5.91 Å². The van der Waals surface area contributed by atoms with Gasteiger partial charge in [-0.05, 0) is 31.1 Å². The van der Waals surface area contributed by atoms with Gasteiger partial charge in [0, 0.05) is 13.1 Å². The molecule has 0 aromatic heterocycles. The monoisotopic (exact) mass is 236 g/mol. The lowest BCUT2D eigenvalue weighted by Crippen LogP contribution is -2.41. The van der Waals surface area contributed by atoms with Crippen LogP contribution in [0.4, 0.5) is 0 Å². The maximum absolute atomic E-state index is 12.4. The topological polar surface area (TPSA) is 44.1 Å². The van der Waals surface area contributed by atoms with Crippen molar-refractivity contribution in [2.75, 3.05) is 13.1 Å². The molecular weight excluding hydrogens is 212 g/mol. The van der Waals surface area contributed by atoms with Crippen LogP contribution in [-0.4, -0.2) is 23.9 Å². The van der Waals surface area contributed by atoms with E-state index < -0.39 is 5.41 Å². The summed E-state index contributed by atoms with van der Waals surface area (Å²) in [6.45, 7) is 9.93. The van der Waals surface area contributed by atoms with Crippen LogP contribution in [0.15, 0.2) is 0 Å². The summed E-state index contributed by atoms with van der Waals surface area (Å²) >= 11 is 0. The predicted octanol–water partition coefficient (Wildman–Crippen LogP) is 2.82. The van der Waals surface area contributed by atoms with Gasteiger partial charge >= 0.3 is 0 Å². The Kier molecular flexibility index (Phi) is 4.56. The fourth-order valence-corrected chi connectivity index (χ4v) is 2.58. The van der Waals surface area contributed by atoms with Gasteiger partial charge in [0.25, 0.3) is 0 Å². The summed E-state index contributed by atoms with van der Waals surface area (Å²) in [6, 6.07) is 2.24. The molecule has 0 aromatic rings. The molecular formula is C14H24N2O. The molecule has 3 heteroatoms.